The van der Waals surface area contributed by atoms with Crippen LogP contribution in [-0.4, -0.2) is 42.6 Å². The number of phenolic OH excluding ortho intramolecular Hbond substituents is 1. The number of benzene rings is 3. The summed E-state index contributed by atoms with van der Waals surface area (Å²) in [5.41, 5.74) is 2.70. The average molecular weight is 669 g/mol. The van der Waals surface area contributed by atoms with Gasteiger partial charge in [-0.3, -0.25) is 14.5 Å². The number of pyridine rings is 1. The van der Waals surface area contributed by atoms with E-state index in [4.69, 9.17) is 32.7 Å². The molecule has 3 N–H and O–H groups in total. The summed E-state index contributed by atoms with van der Waals surface area (Å²) in [7, 11) is -4.04. The summed E-state index contributed by atoms with van der Waals surface area (Å²) in [6.07, 6.45) is 2.64. The van der Waals surface area contributed by atoms with Crippen molar-refractivity contribution < 1.29 is 27.8 Å². The first-order valence-corrected chi connectivity index (χ1v) is 16.9. The second-order valence-electron chi connectivity index (χ2n) is 11.1. The van der Waals surface area contributed by atoms with Gasteiger partial charge in [-0.2, -0.15) is 0 Å². The van der Waals surface area contributed by atoms with Crippen molar-refractivity contribution >= 4 is 60.8 Å². The molecule has 12 heteroatoms. The van der Waals surface area contributed by atoms with Crippen molar-refractivity contribution in [2.24, 2.45) is 0 Å². The van der Waals surface area contributed by atoms with Crippen LogP contribution in [0.25, 0.3) is 32.9 Å². The minimum atomic E-state index is -4.04. The SMILES string of the molecule is CCOc1c(O)c2c(-c3ccc(CS(=O)(=O)NC(=O)C4(c5ccc(Cl)cc5Cl)CC4)cc3C)[nH]c(OCC)c2c2ncccc12. The number of nitrogens with zero attached hydrogens (tertiary/aromatic N) is 1. The Labute approximate surface area is 270 Å². The van der Waals surface area contributed by atoms with Crippen LogP contribution in [0.5, 0.6) is 17.4 Å². The molecule has 9 nitrogen and oxygen atoms in total. The number of halogens is 2. The normalized spacial score (nSPS) is 14.1. The third kappa shape index (κ3) is 5.55. The number of rotatable bonds is 10. The summed E-state index contributed by atoms with van der Waals surface area (Å²) >= 11 is 12.4. The number of aromatic amines is 1. The highest BCUT2D eigenvalue weighted by Crippen LogP contribution is 2.52. The predicted molar refractivity (Wildman–Crippen MR) is 176 cm³/mol. The molecule has 0 spiro atoms. The Morgan fingerprint density at radius 3 is 2.49 bits per heavy atom. The van der Waals surface area contributed by atoms with Gasteiger partial charge in [0, 0.05) is 27.2 Å². The van der Waals surface area contributed by atoms with Gasteiger partial charge < -0.3 is 19.6 Å². The summed E-state index contributed by atoms with van der Waals surface area (Å²) in [6.45, 7) is 6.27. The molecule has 0 radical (unpaired) electrons. The molecule has 234 valence electrons. The average Bonchev–Trinajstić information content (AvgIpc) is 3.70. The standard InChI is InChI=1S/C33H31Cl2N3O6S/c1-4-43-30-22-7-6-14-36-27(22)26-25(29(30)39)28(37-31(26)44-5-2)21-10-8-19(15-18(21)3)17-45(41,42)38-32(40)33(12-13-33)23-11-9-20(34)16-24(23)35/h6-11,14-16,37,39H,4-5,12-13,17H2,1-3H3,(H,38,40). The van der Waals surface area contributed by atoms with Crippen LogP contribution in [0.3, 0.4) is 0 Å². The van der Waals surface area contributed by atoms with Crippen molar-refractivity contribution in [3.05, 3.63) is 81.5 Å². The minimum Gasteiger partial charge on any atom is -0.504 e. The first-order valence-electron chi connectivity index (χ1n) is 14.5. The number of H-pyrrole nitrogens is 1. The van der Waals surface area contributed by atoms with Crippen LogP contribution in [-0.2, 0) is 26.0 Å². The molecular formula is C33H31Cl2N3O6S. The zero-order chi connectivity index (χ0) is 32.1. The molecule has 45 heavy (non-hydrogen) atoms. The van der Waals surface area contributed by atoms with Crippen molar-refractivity contribution in [2.45, 2.75) is 44.8 Å². The Morgan fingerprint density at radius 1 is 1.07 bits per heavy atom. The molecule has 2 aromatic heterocycles. The molecule has 1 aliphatic carbocycles. The molecule has 1 aliphatic rings. The molecular weight excluding hydrogens is 637 g/mol. The van der Waals surface area contributed by atoms with E-state index in [0.717, 1.165) is 11.1 Å². The summed E-state index contributed by atoms with van der Waals surface area (Å²) in [5.74, 6) is -0.293. The Balaban J connectivity index is 1.34. The number of phenols is 1. The van der Waals surface area contributed by atoms with Gasteiger partial charge in [0.15, 0.2) is 11.5 Å². The number of hydrogen-bond donors (Lipinski definition) is 3. The molecule has 6 rings (SSSR count). The molecule has 2 heterocycles. The fourth-order valence-electron chi connectivity index (χ4n) is 5.93. The number of ether oxygens (including phenoxy) is 2. The Bertz CT molecular complexity index is 2090. The zero-order valence-corrected chi connectivity index (χ0v) is 27.2. The maximum absolute atomic E-state index is 13.2. The molecule has 5 aromatic rings. The van der Waals surface area contributed by atoms with Crippen molar-refractivity contribution in [3.8, 4) is 28.6 Å². The number of aromatic hydroxyl groups is 1. The fraction of sp³-hybridized carbons (Fsp3) is 0.273. The number of aryl methyl sites for hydroxylation is 1. The maximum atomic E-state index is 13.2. The van der Waals surface area contributed by atoms with Crippen LogP contribution in [0, 0.1) is 6.92 Å². The van der Waals surface area contributed by atoms with Gasteiger partial charge in [-0.05, 0) is 74.6 Å². The number of amides is 1. The van der Waals surface area contributed by atoms with Gasteiger partial charge in [0.1, 0.15) is 0 Å². The van der Waals surface area contributed by atoms with Gasteiger partial charge in [-0.15, -0.1) is 0 Å². The minimum absolute atomic E-state index is 0.0480. The number of fused-ring (bicyclic) bond motifs is 3. The summed E-state index contributed by atoms with van der Waals surface area (Å²) in [6, 6.07) is 13.7. The van der Waals surface area contributed by atoms with Crippen LogP contribution < -0.4 is 14.2 Å². The molecule has 0 unspecified atom stereocenters. The molecule has 0 aliphatic heterocycles. The van der Waals surface area contributed by atoms with Gasteiger partial charge in [-0.25, -0.2) is 8.42 Å². The van der Waals surface area contributed by atoms with E-state index >= 15 is 0 Å². The van der Waals surface area contributed by atoms with E-state index in [9.17, 15) is 18.3 Å². The lowest BCUT2D eigenvalue weighted by Crippen LogP contribution is -2.39. The highest BCUT2D eigenvalue weighted by atomic mass is 35.5. The monoisotopic (exact) mass is 667 g/mol. The first kappa shape index (κ1) is 31.0. The van der Waals surface area contributed by atoms with Crippen molar-refractivity contribution in [1.82, 2.24) is 14.7 Å². The molecule has 3 aromatic carbocycles. The van der Waals surface area contributed by atoms with Crippen LogP contribution in [0.4, 0.5) is 0 Å². The van der Waals surface area contributed by atoms with E-state index in [1.165, 1.54) is 0 Å². The Kier molecular flexibility index (Phi) is 8.09. The molecule has 1 amide bonds. The van der Waals surface area contributed by atoms with Gasteiger partial charge in [-0.1, -0.05) is 47.5 Å². The van der Waals surface area contributed by atoms with E-state index in [1.54, 1.807) is 48.7 Å². The van der Waals surface area contributed by atoms with Crippen LogP contribution in [0.15, 0.2) is 54.7 Å². The van der Waals surface area contributed by atoms with E-state index in [-0.39, 0.29) is 5.75 Å². The number of sulfonamides is 1. The highest BCUT2D eigenvalue weighted by molar-refractivity contribution is 7.89. The van der Waals surface area contributed by atoms with E-state index in [0.29, 0.717) is 86.2 Å². The zero-order valence-electron chi connectivity index (χ0n) is 24.8. The smallest absolute Gasteiger partial charge is 0.244 e. The lowest BCUT2D eigenvalue weighted by Gasteiger charge is -2.18. The highest BCUT2D eigenvalue weighted by Gasteiger charge is 2.53. The van der Waals surface area contributed by atoms with Gasteiger partial charge in [0.2, 0.25) is 21.8 Å². The van der Waals surface area contributed by atoms with Gasteiger partial charge >= 0.3 is 0 Å². The van der Waals surface area contributed by atoms with Crippen LogP contribution in [0.1, 0.15) is 43.4 Å². The Hall–Kier alpha value is -3.99. The summed E-state index contributed by atoms with van der Waals surface area (Å²) in [5, 5.41) is 14.0. The molecule has 0 atom stereocenters. The van der Waals surface area contributed by atoms with E-state index in [2.05, 4.69) is 14.7 Å². The largest absolute Gasteiger partial charge is 0.504 e. The second kappa shape index (κ2) is 11.7. The summed E-state index contributed by atoms with van der Waals surface area (Å²) in [4.78, 5) is 21.1. The fourth-order valence-corrected chi connectivity index (χ4v) is 7.68. The number of nitrogens with one attached hydrogen (secondary N) is 2. The predicted octanol–water partition coefficient (Wildman–Crippen LogP) is 7.18. The van der Waals surface area contributed by atoms with Crippen LogP contribution >= 0.6 is 23.2 Å². The van der Waals surface area contributed by atoms with Crippen molar-refractivity contribution in [1.29, 1.82) is 0 Å². The lowest BCUT2D eigenvalue weighted by atomic mass is 9.95. The molecule has 0 saturated heterocycles. The third-order valence-corrected chi connectivity index (χ3v) is 9.84. The number of carbonyl (C=O) groups excluding carboxylic acids is 1. The molecule has 1 saturated carbocycles. The van der Waals surface area contributed by atoms with Gasteiger partial charge in [0.25, 0.3) is 0 Å². The maximum Gasteiger partial charge on any atom is 0.244 e. The topological polar surface area (TPSA) is 131 Å². The Morgan fingerprint density at radius 2 is 1.82 bits per heavy atom. The molecule has 1 fully saturated rings. The number of aromatic nitrogens is 2. The lowest BCUT2D eigenvalue weighted by molar-refractivity contribution is -0.121. The molecule has 0 bridgehead atoms. The summed E-state index contributed by atoms with van der Waals surface area (Å²) < 4.78 is 40.4. The number of carbonyl (C=O) groups is 1. The van der Waals surface area contributed by atoms with Gasteiger partial charge in [0.05, 0.1) is 46.4 Å². The van der Waals surface area contributed by atoms with Crippen molar-refractivity contribution in [3.63, 3.8) is 0 Å². The number of hydrogen-bond acceptors (Lipinski definition) is 7. The van der Waals surface area contributed by atoms with Crippen LogP contribution in [0.2, 0.25) is 10.0 Å². The third-order valence-electron chi connectivity index (χ3n) is 8.08. The van der Waals surface area contributed by atoms with E-state index in [1.807, 2.05) is 26.8 Å². The second-order valence-corrected chi connectivity index (χ2v) is 13.6. The van der Waals surface area contributed by atoms with Crippen molar-refractivity contribution in [2.75, 3.05) is 13.2 Å². The van der Waals surface area contributed by atoms with E-state index < -0.39 is 27.1 Å². The quantitative estimate of drug-likeness (QED) is 0.144. The first-order chi connectivity index (χ1) is 21.5.